The van der Waals surface area contributed by atoms with E-state index in [1.54, 1.807) is 79.9 Å². The molecule has 52 heteroatoms. The van der Waals surface area contributed by atoms with Crippen LogP contribution in [-0.2, 0) is 164 Å². The second-order valence-corrected chi connectivity index (χ2v) is 41.4. The third kappa shape index (κ3) is 23.0. The van der Waals surface area contributed by atoms with Crippen LogP contribution in [0.3, 0.4) is 0 Å². The first-order chi connectivity index (χ1) is 71.5. The zero-order valence-corrected chi connectivity index (χ0v) is 84.0. The number of benzene rings is 4. The number of esters is 2. The van der Waals surface area contributed by atoms with Crippen molar-refractivity contribution < 1.29 is 136 Å². The fourth-order valence-electron chi connectivity index (χ4n) is 20.1. The molecule has 9 heterocycles. The van der Waals surface area contributed by atoms with E-state index in [1.807, 2.05) is 7.05 Å². The summed E-state index contributed by atoms with van der Waals surface area (Å²) >= 11 is 0. The van der Waals surface area contributed by atoms with Crippen molar-refractivity contribution in [1.29, 1.82) is 0 Å². The van der Waals surface area contributed by atoms with Gasteiger partial charge >= 0.3 is 68.9 Å². The fourth-order valence-corrected chi connectivity index (χ4v) is 21.8. The van der Waals surface area contributed by atoms with Crippen molar-refractivity contribution in [3.05, 3.63) is 194 Å². The lowest BCUT2D eigenvalue weighted by Gasteiger charge is -2.29. The van der Waals surface area contributed by atoms with Crippen LogP contribution in [0, 0.1) is 55.1 Å². The Morgan fingerprint density at radius 3 is 1.53 bits per heavy atom. The summed E-state index contributed by atoms with van der Waals surface area (Å²) < 4.78 is 143. The number of carbonyl (C=O) groups is 12. The number of ether oxygens (including phenoxy) is 9. The van der Waals surface area contributed by atoms with Gasteiger partial charge in [-0.05, 0) is 183 Å². The Morgan fingerprint density at radius 1 is 0.533 bits per heavy atom. The van der Waals surface area contributed by atoms with Crippen LogP contribution in [0.2, 0.25) is 0 Å². The number of anilines is 2. The lowest BCUT2D eigenvalue weighted by Crippen LogP contribution is -2.54. The molecule has 17 rings (SSSR count). The lowest BCUT2D eigenvalue weighted by molar-refractivity contribution is -0.158. The van der Waals surface area contributed by atoms with E-state index < -0.39 is 222 Å². The number of hydrogen-bond donors (Lipinski definition) is 13. The van der Waals surface area contributed by atoms with Crippen LogP contribution in [-0.4, -0.2) is 222 Å². The van der Waals surface area contributed by atoms with Gasteiger partial charge in [-0.2, -0.15) is 25.9 Å². The van der Waals surface area contributed by atoms with Crippen molar-refractivity contribution in [1.82, 2.24) is 84.5 Å². The highest BCUT2D eigenvalue weighted by Crippen LogP contribution is 2.54. The number of carbonyl (C=O) groups excluding carboxylic acids is 12. The largest absolute Gasteiger partial charge is 0.458 e. The summed E-state index contributed by atoms with van der Waals surface area (Å²) in [5, 5.41) is 51.9. The van der Waals surface area contributed by atoms with E-state index >= 15 is 8.78 Å². The van der Waals surface area contributed by atoms with Crippen LogP contribution >= 0.6 is 0 Å². The van der Waals surface area contributed by atoms with Gasteiger partial charge in [0.2, 0.25) is 23.6 Å². The van der Waals surface area contributed by atoms with Crippen molar-refractivity contribution in [2.75, 3.05) is 76.5 Å². The van der Waals surface area contributed by atoms with Gasteiger partial charge in [-0.25, -0.2) is 66.5 Å². The van der Waals surface area contributed by atoms with Gasteiger partial charge in [-0.1, -0.05) is 57.2 Å². The Labute approximate surface area is 853 Å². The van der Waals surface area contributed by atoms with Gasteiger partial charge in [-0.3, -0.25) is 33.4 Å². The van der Waals surface area contributed by atoms with Gasteiger partial charge < -0.3 is 105 Å². The quantitative estimate of drug-likeness (QED) is 0.0136. The monoisotopic (exact) mass is 2120 g/mol. The number of hydrogen-bond acceptors (Lipinski definition) is 33. The summed E-state index contributed by atoms with van der Waals surface area (Å²) in [4.78, 5) is 197. The molecule has 0 saturated heterocycles. The maximum absolute atomic E-state index is 15.5. The summed E-state index contributed by atoms with van der Waals surface area (Å²) in [6.07, 6.45) is -5.89. The Bertz CT molecular complexity index is 7350. The van der Waals surface area contributed by atoms with E-state index in [9.17, 15) is 94.2 Å². The van der Waals surface area contributed by atoms with Crippen molar-refractivity contribution in [3.63, 3.8) is 0 Å². The van der Waals surface area contributed by atoms with E-state index in [-0.39, 0.29) is 109 Å². The normalized spacial score (nSPS) is 18.4. The van der Waals surface area contributed by atoms with Gasteiger partial charge in [0, 0.05) is 83.2 Å². The van der Waals surface area contributed by atoms with E-state index in [1.165, 1.54) is 64.6 Å². The molecule has 4 aliphatic carbocycles. The molecule has 13 N–H and O–H groups in total. The predicted octanol–water partition coefficient (Wildman–Crippen LogP) is 5.19. The summed E-state index contributed by atoms with van der Waals surface area (Å²) in [6.45, 7) is 4.14. The minimum Gasteiger partial charge on any atom is -0.458 e. The molecule has 5 aromatic heterocycles. The standard InChI is InChI=1S/C98H109F2N19O29S2/c1-45(2)80(87(124)101-37-75(120)104-52-13-9-50(10-14-52)40-146-93(130)108-68-22-17-54-47(5)65(99)35-70-76(54)78(68)60-38-118-73(82(60)106-70)33-58-63(89(118)126)43-144-91(128)84(58)121)110-95(132)141-29-26-117(150(138,139)114-98(135)143-32-31-140-28-25-102-149(136,137)113-97(134)148-42-62-56-19-21-67-72(24-20-57(56)62)116(8)115-112-67)27-30-142-96(133)111-81(46(3)4)88(125)103-49(7)86(123)105-53-15-11-51(12-16-53)41-147-94(131)109-69-23-18-55-48(6)66(100)36-71-77(55)79(69)61-39-119-74(83(61)107-71)34-59-64(90(119)127)44-145-92(129)85(59)122/h9-16,33-36,45-46,49,56-57,62,68-69,80-81,84-85,102,121-122H,17-32,37-44H2,1-8H3,(H,101,124)(H,103,125)(H,104,120)(H,105,123)(H,108,130)(H,109,131)(H,110,132)(H,111,133)(H,113,134)(H,114,135)/t49-,56-,57+,62-,68-,69-,80?,81?,84-,85-/m0/s1. The Hall–Kier alpha value is -15.3. The second-order valence-electron chi connectivity index (χ2n) is 38.2. The molecule has 1 fully saturated rings. The average molecular weight is 2120 g/mol. The molecule has 10 amide bonds. The Morgan fingerprint density at radius 2 is 1.02 bits per heavy atom. The lowest BCUT2D eigenvalue weighted by atomic mass is 9.82. The molecule has 8 aliphatic rings. The Balaban J connectivity index is 0.464. The molecule has 150 heavy (non-hydrogen) atoms. The molecule has 0 radical (unpaired) electrons. The number of cyclic esters (lactones) is 2. The average Bonchev–Trinajstić information content (AvgIpc) is 1.59. The maximum Gasteiger partial charge on any atom is 0.422 e. The molecule has 796 valence electrons. The van der Waals surface area contributed by atoms with Crippen molar-refractivity contribution >= 4 is 126 Å². The summed E-state index contributed by atoms with van der Waals surface area (Å²) in [5.74, 6) is -6.70. The van der Waals surface area contributed by atoms with Crippen molar-refractivity contribution in [2.24, 2.45) is 36.6 Å². The highest BCUT2D eigenvalue weighted by molar-refractivity contribution is 7.88. The zero-order chi connectivity index (χ0) is 107. The zero-order valence-electron chi connectivity index (χ0n) is 82.4. The highest BCUT2D eigenvalue weighted by Gasteiger charge is 2.51. The van der Waals surface area contributed by atoms with Crippen LogP contribution in [0.25, 0.3) is 44.6 Å². The van der Waals surface area contributed by atoms with Gasteiger partial charge in [0.1, 0.15) is 76.0 Å². The summed E-state index contributed by atoms with van der Waals surface area (Å²) in [7, 11) is -7.67. The fraction of sp³-hybridized carbons (Fsp3) is 0.449. The molecule has 2 unspecified atom stereocenters. The number of aryl methyl sites for hydroxylation is 4. The molecule has 4 aromatic carbocycles. The van der Waals surface area contributed by atoms with Crippen LogP contribution in [0.5, 0.6) is 0 Å². The molecule has 4 aliphatic heterocycles. The van der Waals surface area contributed by atoms with Crippen LogP contribution in [0.15, 0.2) is 82.4 Å². The number of nitrogens with zero attached hydrogens (tertiary/aromatic N) is 8. The van der Waals surface area contributed by atoms with Gasteiger partial charge in [0.25, 0.3) is 11.1 Å². The van der Waals surface area contributed by atoms with Crippen LogP contribution in [0.4, 0.5) is 48.9 Å². The smallest absolute Gasteiger partial charge is 0.422 e. The number of aromatic nitrogens is 7. The number of aliphatic hydroxyl groups is 2. The van der Waals surface area contributed by atoms with Gasteiger partial charge in [-0.15, -0.1) is 5.10 Å². The topological polar surface area (TPSA) is 633 Å². The number of aliphatic hydroxyl groups excluding tert-OH is 2. The summed E-state index contributed by atoms with van der Waals surface area (Å²) in [6, 6.07) is 12.4. The highest BCUT2D eigenvalue weighted by atomic mass is 32.2. The number of alkyl carbamates (subject to hydrolysis) is 4. The molecule has 9 aromatic rings. The van der Waals surface area contributed by atoms with Crippen LogP contribution < -0.4 is 67.8 Å². The third-order valence-electron chi connectivity index (χ3n) is 28.0. The number of amides is 10. The van der Waals surface area contributed by atoms with Gasteiger partial charge in [0.15, 0.2) is 12.2 Å². The maximum atomic E-state index is 15.5. The molecule has 1 saturated carbocycles. The van der Waals surface area contributed by atoms with Gasteiger partial charge in [0.05, 0.1) is 108 Å². The number of pyridine rings is 4. The summed E-state index contributed by atoms with van der Waals surface area (Å²) in [5.41, 5.74) is 9.12. The van der Waals surface area contributed by atoms with E-state index in [2.05, 4.69) is 57.6 Å². The molecule has 0 spiro atoms. The van der Waals surface area contributed by atoms with Crippen LogP contribution in [0.1, 0.15) is 174 Å². The third-order valence-corrected chi connectivity index (χ3v) is 30.5. The first-order valence-electron chi connectivity index (χ1n) is 48.5. The first-order valence-corrected chi connectivity index (χ1v) is 51.4. The number of rotatable bonds is 36. The molecular weight excluding hydrogens is 2010 g/mol. The van der Waals surface area contributed by atoms with E-state index in [0.29, 0.717) is 125 Å². The van der Waals surface area contributed by atoms with Crippen molar-refractivity contribution in [2.45, 2.75) is 182 Å². The minimum atomic E-state index is -5.06. The molecule has 48 nitrogen and oxygen atoms in total. The number of halogens is 2. The molecular formula is C98H109F2N19O29S2. The number of fused-ring (bicyclic) bond motifs is 12. The SMILES string of the molecule is Cc1c(F)cc2nc3c(c4c2c1CC[C@@H]4NC(=O)OCc1ccc(NC(=O)CNC(=O)C(NC(=O)OCCN(CCOC(=O)NC(C(=O)N[C@@H](C)C(=O)Nc2ccc(COC(=O)N[C@H]4CCc5c(C)c(F)cc6nc7c(c4c56)Cn4c-7cc5c(c4=O)COC(=O)[C@H]5O)cc2)C(C)C)S(=O)(=O)NC(=O)OCCOCCNS(=O)(=O)NC(=O)OC[C@@H]2[C@@H]4CCc5c(nnn5C)CC[C@@H]42)C(C)C)cc1)Cn1c-3cc2c(c1=O)COC(=O)[C@H]2O. The second kappa shape index (κ2) is 44.3. The van der Waals surface area contributed by atoms with E-state index in [0.717, 1.165) is 37.1 Å². The molecule has 0 bridgehead atoms. The molecule has 10 atom stereocenters. The predicted molar refractivity (Wildman–Crippen MR) is 521 cm³/mol. The Kier molecular flexibility index (Phi) is 31.3. The first kappa shape index (κ1) is 106. The number of nitrogens with one attached hydrogen (secondary N) is 11. The van der Waals surface area contributed by atoms with E-state index in [4.69, 9.17) is 52.6 Å². The van der Waals surface area contributed by atoms with Crippen molar-refractivity contribution in [3.8, 4) is 22.8 Å². The minimum absolute atomic E-state index is 0.00971.